The standard InChI is InChI=1S/C25H31N5O3/c1-17-14-21(28-16-26)27-15-20(17)18-6-8-19(9-7-18)22(31)30-12-10-25(5,11-13-30)29-23(32)33-24(2,3)4/h6-9,14-15H,10-13H2,1-5H3,(H,27,28)(H,29,32). The van der Waals surface area contributed by atoms with Crippen LogP contribution in [-0.2, 0) is 4.74 Å². The Labute approximate surface area is 194 Å². The summed E-state index contributed by atoms with van der Waals surface area (Å²) in [5, 5.41) is 11.7. The van der Waals surface area contributed by atoms with E-state index in [1.807, 2.05) is 76.0 Å². The number of benzene rings is 1. The van der Waals surface area contributed by atoms with E-state index in [1.54, 1.807) is 6.19 Å². The number of pyridine rings is 1. The molecule has 0 radical (unpaired) electrons. The first-order valence-corrected chi connectivity index (χ1v) is 11.0. The Morgan fingerprint density at radius 1 is 1.21 bits per heavy atom. The molecule has 0 saturated carbocycles. The number of carbonyl (C=O) groups excluding carboxylic acids is 2. The van der Waals surface area contributed by atoms with Crippen LogP contribution in [0, 0.1) is 18.4 Å². The van der Waals surface area contributed by atoms with E-state index in [4.69, 9.17) is 10.00 Å². The quantitative estimate of drug-likeness (QED) is 0.693. The van der Waals surface area contributed by atoms with Gasteiger partial charge in [-0.2, -0.15) is 10.3 Å². The molecular formula is C25H31N5O3. The van der Waals surface area contributed by atoms with Crippen molar-refractivity contribution in [2.45, 2.75) is 58.6 Å². The minimum atomic E-state index is -0.548. The third kappa shape index (κ3) is 6.22. The Balaban J connectivity index is 1.63. The number of nitrogens with zero attached hydrogens (tertiary/aromatic N) is 3. The lowest BCUT2D eigenvalue weighted by Gasteiger charge is -2.40. The second-order valence-corrected chi connectivity index (χ2v) is 9.68. The van der Waals surface area contributed by atoms with Gasteiger partial charge in [0.15, 0.2) is 0 Å². The monoisotopic (exact) mass is 449 g/mol. The summed E-state index contributed by atoms with van der Waals surface area (Å²) < 4.78 is 5.37. The largest absolute Gasteiger partial charge is 0.444 e. The van der Waals surface area contributed by atoms with E-state index in [-0.39, 0.29) is 5.91 Å². The number of likely N-dealkylation sites (tertiary alicyclic amines) is 1. The van der Waals surface area contributed by atoms with Crippen molar-refractivity contribution in [3.63, 3.8) is 0 Å². The molecule has 0 spiro atoms. The topological polar surface area (TPSA) is 111 Å². The van der Waals surface area contributed by atoms with Crippen LogP contribution >= 0.6 is 0 Å². The third-order valence-electron chi connectivity index (χ3n) is 5.71. The SMILES string of the molecule is Cc1c/c(=N/C#N)[nH]cc1-c1ccc(C(=O)N2CCC(C)(NC(=O)OC(C)(C)C)CC2)cc1. The zero-order valence-electron chi connectivity index (χ0n) is 19.9. The van der Waals surface area contributed by atoms with Crippen molar-refractivity contribution >= 4 is 12.0 Å². The number of nitriles is 1. The number of amides is 2. The maximum absolute atomic E-state index is 13.0. The van der Waals surface area contributed by atoms with Crippen LogP contribution in [0.1, 0.15) is 56.5 Å². The van der Waals surface area contributed by atoms with Crippen LogP contribution < -0.4 is 10.8 Å². The zero-order chi connectivity index (χ0) is 24.2. The van der Waals surface area contributed by atoms with Gasteiger partial charge in [0.1, 0.15) is 11.1 Å². The zero-order valence-corrected chi connectivity index (χ0v) is 19.9. The molecule has 2 N–H and O–H groups in total. The van der Waals surface area contributed by atoms with E-state index in [0.29, 0.717) is 37.0 Å². The number of piperidine rings is 1. The molecule has 0 atom stereocenters. The molecule has 1 aromatic carbocycles. The molecule has 2 aromatic rings. The van der Waals surface area contributed by atoms with Crippen molar-refractivity contribution in [1.82, 2.24) is 15.2 Å². The number of hydrogen-bond donors (Lipinski definition) is 2. The lowest BCUT2D eigenvalue weighted by molar-refractivity contribution is 0.0396. The normalized spacial score (nSPS) is 16.1. The number of aryl methyl sites for hydroxylation is 1. The molecule has 8 heteroatoms. The van der Waals surface area contributed by atoms with Crippen molar-refractivity contribution in [3.05, 3.63) is 53.1 Å². The Bertz CT molecular complexity index is 1130. The Morgan fingerprint density at radius 2 is 1.85 bits per heavy atom. The fourth-order valence-electron chi connectivity index (χ4n) is 3.87. The van der Waals surface area contributed by atoms with E-state index in [2.05, 4.69) is 15.3 Å². The van der Waals surface area contributed by atoms with Crippen molar-refractivity contribution in [3.8, 4) is 17.3 Å². The van der Waals surface area contributed by atoms with E-state index >= 15 is 0 Å². The molecule has 33 heavy (non-hydrogen) atoms. The number of aromatic nitrogens is 1. The van der Waals surface area contributed by atoms with Crippen LogP contribution in [0.3, 0.4) is 0 Å². The number of nitrogens with one attached hydrogen (secondary N) is 2. The number of aromatic amines is 1. The molecule has 0 unspecified atom stereocenters. The molecule has 1 fully saturated rings. The average Bonchev–Trinajstić information content (AvgIpc) is 2.73. The lowest BCUT2D eigenvalue weighted by Crippen LogP contribution is -2.55. The maximum Gasteiger partial charge on any atom is 0.408 e. The summed E-state index contributed by atoms with van der Waals surface area (Å²) in [6.45, 7) is 10.6. The predicted molar refractivity (Wildman–Crippen MR) is 125 cm³/mol. The van der Waals surface area contributed by atoms with E-state index in [1.165, 1.54) is 0 Å². The smallest absolute Gasteiger partial charge is 0.408 e. The Hall–Kier alpha value is -3.60. The molecule has 1 aliphatic heterocycles. The van der Waals surface area contributed by atoms with Gasteiger partial charge in [0.2, 0.25) is 6.19 Å². The first-order valence-electron chi connectivity index (χ1n) is 11.0. The fraction of sp³-hybridized carbons (Fsp3) is 0.440. The van der Waals surface area contributed by atoms with Gasteiger partial charge < -0.3 is 19.9 Å². The van der Waals surface area contributed by atoms with Gasteiger partial charge in [0, 0.05) is 36.0 Å². The van der Waals surface area contributed by atoms with Crippen molar-refractivity contribution in [2.75, 3.05) is 13.1 Å². The summed E-state index contributed by atoms with van der Waals surface area (Å²) in [5.41, 5.74) is 3.11. The average molecular weight is 450 g/mol. The highest BCUT2D eigenvalue weighted by atomic mass is 16.6. The second-order valence-electron chi connectivity index (χ2n) is 9.68. The molecule has 174 valence electrons. The maximum atomic E-state index is 13.0. The molecule has 1 aromatic heterocycles. The predicted octanol–water partition coefficient (Wildman–Crippen LogP) is 3.89. The van der Waals surface area contributed by atoms with Gasteiger partial charge in [-0.3, -0.25) is 4.79 Å². The summed E-state index contributed by atoms with van der Waals surface area (Å²) >= 11 is 0. The minimum absolute atomic E-state index is 0.0210. The first kappa shape index (κ1) is 24.1. The van der Waals surface area contributed by atoms with Gasteiger partial charge in [-0.25, -0.2) is 4.79 Å². The molecule has 2 heterocycles. The molecular weight excluding hydrogens is 418 g/mol. The first-order chi connectivity index (χ1) is 15.5. The molecule has 1 aliphatic rings. The van der Waals surface area contributed by atoms with Crippen molar-refractivity contribution in [1.29, 1.82) is 5.26 Å². The lowest BCUT2D eigenvalue weighted by atomic mass is 9.89. The van der Waals surface area contributed by atoms with Gasteiger partial charge in [-0.15, -0.1) is 0 Å². The van der Waals surface area contributed by atoms with E-state index in [0.717, 1.165) is 16.7 Å². The van der Waals surface area contributed by atoms with Gasteiger partial charge >= 0.3 is 6.09 Å². The third-order valence-corrected chi connectivity index (χ3v) is 5.71. The Morgan fingerprint density at radius 3 is 2.39 bits per heavy atom. The minimum Gasteiger partial charge on any atom is -0.444 e. The number of ether oxygens (including phenoxy) is 1. The number of H-pyrrole nitrogens is 1. The summed E-state index contributed by atoms with van der Waals surface area (Å²) in [4.78, 5) is 33.7. The van der Waals surface area contributed by atoms with Crippen LogP contribution in [0.25, 0.3) is 11.1 Å². The Kier molecular flexibility index (Phi) is 6.92. The number of alkyl carbamates (subject to hydrolysis) is 1. The van der Waals surface area contributed by atoms with E-state index < -0.39 is 17.2 Å². The number of carbonyl (C=O) groups is 2. The second kappa shape index (κ2) is 9.49. The van der Waals surface area contributed by atoms with Gasteiger partial charge in [0.05, 0.1) is 0 Å². The van der Waals surface area contributed by atoms with Gasteiger partial charge in [0.25, 0.3) is 5.91 Å². The molecule has 0 bridgehead atoms. The number of hydrogen-bond acceptors (Lipinski definition) is 5. The fourth-order valence-corrected chi connectivity index (χ4v) is 3.87. The van der Waals surface area contributed by atoms with Crippen LogP contribution in [0.4, 0.5) is 4.79 Å². The van der Waals surface area contributed by atoms with E-state index in [9.17, 15) is 9.59 Å². The van der Waals surface area contributed by atoms with Crippen molar-refractivity contribution in [2.24, 2.45) is 4.99 Å². The molecule has 1 saturated heterocycles. The highest BCUT2D eigenvalue weighted by Crippen LogP contribution is 2.25. The molecule has 2 amide bonds. The molecule has 8 nitrogen and oxygen atoms in total. The summed E-state index contributed by atoms with van der Waals surface area (Å²) in [5.74, 6) is -0.0210. The summed E-state index contributed by atoms with van der Waals surface area (Å²) in [6.07, 6.45) is 4.47. The number of rotatable bonds is 3. The summed E-state index contributed by atoms with van der Waals surface area (Å²) in [6, 6.07) is 9.31. The van der Waals surface area contributed by atoms with Gasteiger partial charge in [-0.1, -0.05) is 12.1 Å². The summed E-state index contributed by atoms with van der Waals surface area (Å²) in [7, 11) is 0. The van der Waals surface area contributed by atoms with Gasteiger partial charge in [-0.05, 0) is 76.8 Å². The highest BCUT2D eigenvalue weighted by molar-refractivity contribution is 5.94. The molecule has 3 rings (SSSR count). The highest BCUT2D eigenvalue weighted by Gasteiger charge is 2.34. The van der Waals surface area contributed by atoms with Crippen LogP contribution in [-0.4, -0.2) is 46.1 Å². The molecule has 0 aliphatic carbocycles. The van der Waals surface area contributed by atoms with Crippen LogP contribution in [0.15, 0.2) is 41.5 Å². The van der Waals surface area contributed by atoms with Crippen LogP contribution in [0.2, 0.25) is 0 Å². The van der Waals surface area contributed by atoms with Crippen LogP contribution in [0.5, 0.6) is 0 Å². The van der Waals surface area contributed by atoms with Crippen molar-refractivity contribution < 1.29 is 14.3 Å².